The van der Waals surface area contributed by atoms with Gasteiger partial charge in [-0.1, -0.05) is 12.1 Å². The molecule has 2 N–H and O–H groups in total. The van der Waals surface area contributed by atoms with Crippen LogP contribution in [0.25, 0.3) is 10.9 Å². The second-order valence-corrected chi connectivity index (χ2v) is 6.74. The van der Waals surface area contributed by atoms with Crippen LogP contribution in [-0.2, 0) is 7.05 Å². The van der Waals surface area contributed by atoms with Crippen LogP contribution in [0.15, 0.2) is 42.9 Å². The number of piperidine rings is 1. The van der Waals surface area contributed by atoms with Crippen molar-refractivity contribution < 1.29 is 9.90 Å². The zero-order chi connectivity index (χ0) is 17.4. The van der Waals surface area contributed by atoms with E-state index in [1.54, 1.807) is 6.20 Å². The average Bonchev–Trinajstić information content (AvgIpc) is 3.29. The Morgan fingerprint density at radius 2 is 2.28 bits per heavy atom. The molecule has 130 valence electrons. The number of amides is 1. The van der Waals surface area contributed by atoms with Crippen LogP contribution in [0.5, 0.6) is 0 Å². The maximum absolute atomic E-state index is 13.0. The Morgan fingerprint density at radius 3 is 3.08 bits per heavy atom. The number of likely N-dealkylation sites (tertiary alicyclic amines) is 1. The number of benzene rings is 1. The number of carbonyl (C=O) groups excluding carboxylic acids is 1. The normalized spacial score (nSPS) is 19.3. The molecular formula is C19H22N4O2. The number of hydrogen-bond acceptors (Lipinski definition) is 3. The molecule has 2 aromatic heterocycles. The molecule has 1 aliphatic heterocycles. The summed E-state index contributed by atoms with van der Waals surface area (Å²) in [7, 11) is 1.88. The highest BCUT2D eigenvalue weighted by Crippen LogP contribution is 2.30. The third-order valence-electron chi connectivity index (χ3n) is 5.13. The molecule has 2 unspecified atom stereocenters. The Morgan fingerprint density at radius 1 is 1.40 bits per heavy atom. The van der Waals surface area contributed by atoms with Gasteiger partial charge in [0.15, 0.2) is 0 Å². The molecule has 4 rings (SSSR count). The number of nitrogens with one attached hydrogen (secondary N) is 1. The van der Waals surface area contributed by atoms with E-state index in [9.17, 15) is 9.90 Å². The SMILES string of the molecule is Cn1ccnc1C(O)C1CCCN(C(=O)c2cccc3cc[nH]c23)C1. The van der Waals surface area contributed by atoms with Crippen LogP contribution in [0.1, 0.15) is 35.1 Å². The van der Waals surface area contributed by atoms with Crippen molar-refractivity contribution in [1.82, 2.24) is 19.4 Å². The predicted octanol–water partition coefficient (Wildman–Crippen LogP) is 2.49. The highest BCUT2D eigenvalue weighted by atomic mass is 16.3. The van der Waals surface area contributed by atoms with Gasteiger partial charge in [-0.15, -0.1) is 0 Å². The standard InChI is InChI=1S/C19H22N4O2/c1-22-11-9-21-18(22)17(24)14-5-3-10-23(12-14)19(25)15-6-2-4-13-7-8-20-16(13)15/h2,4,6-9,11,14,17,20,24H,3,5,10,12H2,1H3. The second-order valence-electron chi connectivity index (χ2n) is 6.74. The minimum atomic E-state index is -0.656. The summed E-state index contributed by atoms with van der Waals surface area (Å²) in [6, 6.07) is 7.73. The van der Waals surface area contributed by atoms with Gasteiger partial charge in [-0.2, -0.15) is 0 Å². The Labute approximate surface area is 146 Å². The molecule has 0 radical (unpaired) electrons. The van der Waals surface area contributed by atoms with Gasteiger partial charge in [0.25, 0.3) is 5.91 Å². The monoisotopic (exact) mass is 338 g/mol. The number of fused-ring (bicyclic) bond motifs is 1. The molecule has 0 bridgehead atoms. The summed E-state index contributed by atoms with van der Waals surface area (Å²) in [5.41, 5.74) is 1.56. The van der Waals surface area contributed by atoms with Gasteiger partial charge >= 0.3 is 0 Å². The number of aliphatic hydroxyl groups is 1. The molecule has 1 amide bonds. The van der Waals surface area contributed by atoms with Gasteiger partial charge < -0.3 is 19.6 Å². The van der Waals surface area contributed by atoms with Gasteiger partial charge in [0.2, 0.25) is 0 Å². The molecule has 3 heterocycles. The lowest BCUT2D eigenvalue weighted by Gasteiger charge is -2.35. The third kappa shape index (κ3) is 2.82. The molecule has 0 saturated carbocycles. The highest BCUT2D eigenvalue weighted by Gasteiger charge is 2.31. The van der Waals surface area contributed by atoms with E-state index in [0.29, 0.717) is 17.9 Å². The lowest BCUT2D eigenvalue weighted by molar-refractivity contribution is 0.0359. The molecule has 1 aliphatic rings. The van der Waals surface area contributed by atoms with Crippen LogP contribution in [0.3, 0.4) is 0 Å². The van der Waals surface area contributed by atoms with Crippen molar-refractivity contribution in [2.24, 2.45) is 13.0 Å². The summed E-state index contributed by atoms with van der Waals surface area (Å²) in [5.74, 6) is 0.678. The Kier molecular flexibility index (Phi) is 4.05. The molecule has 0 spiro atoms. The van der Waals surface area contributed by atoms with Gasteiger partial charge in [-0.25, -0.2) is 4.98 Å². The topological polar surface area (TPSA) is 74.2 Å². The summed E-state index contributed by atoms with van der Waals surface area (Å²) >= 11 is 0. The highest BCUT2D eigenvalue weighted by molar-refractivity contribution is 6.05. The molecule has 6 nitrogen and oxygen atoms in total. The lowest BCUT2D eigenvalue weighted by atomic mass is 9.91. The first-order valence-electron chi connectivity index (χ1n) is 8.66. The number of rotatable bonds is 3. The van der Waals surface area contributed by atoms with E-state index in [0.717, 1.165) is 30.3 Å². The summed E-state index contributed by atoms with van der Waals surface area (Å²) in [6.07, 6.45) is 6.50. The van der Waals surface area contributed by atoms with Crippen LogP contribution < -0.4 is 0 Å². The molecule has 1 saturated heterocycles. The molecule has 25 heavy (non-hydrogen) atoms. The predicted molar refractivity (Wildman–Crippen MR) is 95.1 cm³/mol. The van der Waals surface area contributed by atoms with Crippen LogP contribution >= 0.6 is 0 Å². The number of aromatic amines is 1. The maximum atomic E-state index is 13.0. The Bertz CT molecular complexity index is 898. The number of H-pyrrole nitrogens is 1. The fraction of sp³-hybridized carbons (Fsp3) is 0.368. The van der Waals surface area contributed by atoms with Crippen LogP contribution in [0, 0.1) is 5.92 Å². The fourth-order valence-corrected chi connectivity index (χ4v) is 3.76. The number of hydrogen-bond donors (Lipinski definition) is 2. The molecule has 0 aliphatic carbocycles. The van der Waals surface area contributed by atoms with Gasteiger partial charge in [0.05, 0.1) is 11.1 Å². The number of nitrogens with zero attached hydrogens (tertiary/aromatic N) is 3. The Hall–Kier alpha value is -2.60. The minimum absolute atomic E-state index is 0.00152. The number of aliphatic hydroxyl groups excluding tert-OH is 1. The van der Waals surface area contributed by atoms with Crippen molar-refractivity contribution in [3.8, 4) is 0 Å². The summed E-state index contributed by atoms with van der Waals surface area (Å²) in [6.45, 7) is 1.27. The molecule has 3 aromatic rings. The van der Waals surface area contributed by atoms with E-state index in [2.05, 4.69) is 9.97 Å². The molecule has 2 atom stereocenters. The third-order valence-corrected chi connectivity index (χ3v) is 5.13. The van der Waals surface area contributed by atoms with Crippen LogP contribution in [0.2, 0.25) is 0 Å². The van der Waals surface area contributed by atoms with Crippen molar-refractivity contribution in [1.29, 1.82) is 0 Å². The van der Waals surface area contributed by atoms with E-state index in [4.69, 9.17) is 0 Å². The quantitative estimate of drug-likeness (QED) is 0.770. The van der Waals surface area contributed by atoms with E-state index < -0.39 is 6.10 Å². The molecule has 1 fully saturated rings. The first-order chi connectivity index (χ1) is 12.1. The largest absolute Gasteiger partial charge is 0.385 e. The number of para-hydroxylation sites is 1. The van der Waals surface area contributed by atoms with Crippen molar-refractivity contribution in [2.45, 2.75) is 18.9 Å². The van der Waals surface area contributed by atoms with Crippen LogP contribution in [0.4, 0.5) is 0 Å². The van der Waals surface area contributed by atoms with Crippen molar-refractivity contribution in [3.05, 3.63) is 54.2 Å². The van der Waals surface area contributed by atoms with E-state index in [-0.39, 0.29) is 11.8 Å². The number of aryl methyl sites for hydroxylation is 1. The van der Waals surface area contributed by atoms with E-state index >= 15 is 0 Å². The Balaban J connectivity index is 1.56. The smallest absolute Gasteiger partial charge is 0.255 e. The number of imidazole rings is 1. The second kappa shape index (κ2) is 6.37. The molecule has 1 aromatic carbocycles. The van der Waals surface area contributed by atoms with Crippen molar-refractivity contribution >= 4 is 16.8 Å². The van der Waals surface area contributed by atoms with Gasteiger partial charge in [-0.05, 0) is 25.0 Å². The average molecular weight is 338 g/mol. The van der Waals surface area contributed by atoms with E-state index in [1.165, 1.54) is 0 Å². The van der Waals surface area contributed by atoms with Gasteiger partial charge in [0, 0.05) is 50.0 Å². The van der Waals surface area contributed by atoms with Crippen molar-refractivity contribution in [3.63, 3.8) is 0 Å². The lowest BCUT2D eigenvalue weighted by Crippen LogP contribution is -2.42. The zero-order valence-electron chi connectivity index (χ0n) is 14.2. The molecular weight excluding hydrogens is 316 g/mol. The number of carbonyl (C=O) groups is 1. The van der Waals surface area contributed by atoms with Crippen LogP contribution in [-0.4, -0.2) is 43.5 Å². The zero-order valence-corrected chi connectivity index (χ0v) is 14.2. The van der Waals surface area contributed by atoms with Crippen molar-refractivity contribution in [2.75, 3.05) is 13.1 Å². The summed E-state index contributed by atoms with van der Waals surface area (Å²) in [4.78, 5) is 22.3. The maximum Gasteiger partial charge on any atom is 0.255 e. The first-order valence-corrected chi connectivity index (χ1v) is 8.66. The molecule has 6 heteroatoms. The first kappa shape index (κ1) is 15.9. The summed E-state index contributed by atoms with van der Waals surface area (Å²) in [5, 5.41) is 11.7. The minimum Gasteiger partial charge on any atom is -0.385 e. The summed E-state index contributed by atoms with van der Waals surface area (Å²) < 4.78 is 1.84. The van der Waals surface area contributed by atoms with Gasteiger partial charge in [0.1, 0.15) is 11.9 Å². The van der Waals surface area contributed by atoms with Gasteiger partial charge in [-0.3, -0.25) is 4.79 Å². The number of aromatic nitrogens is 3. The fourth-order valence-electron chi connectivity index (χ4n) is 3.76. The van der Waals surface area contributed by atoms with E-state index in [1.807, 2.05) is 53.2 Å².